The number of hydrogen-bond acceptors (Lipinski definition) is 2. The van der Waals surface area contributed by atoms with Crippen LogP contribution in [0.3, 0.4) is 0 Å². The zero-order valence-corrected chi connectivity index (χ0v) is 8.67. The van der Waals surface area contributed by atoms with Crippen molar-refractivity contribution in [1.29, 1.82) is 0 Å². The SMILES string of the molecule is Cc1ccc2c(c1)CCC21COC(=O)N1. The van der Waals surface area contributed by atoms with Gasteiger partial charge in [0.15, 0.2) is 0 Å². The number of rotatable bonds is 0. The Morgan fingerprint density at radius 3 is 3.07 bits per heavy atom. The molecule has 0 bridgehead atoms. The lowest BCUT2D eigenvalue weighted by Crippen LogP contribution is -2.38. The van der Waals surface area contributed by atoms with Crippen LogP contribution in [0, 0.1) is 6.92 Å². The van der Waals surface area contributed by atoms with Crippen LogP contribution in [-0.2, 0) is 16.7 Å². The van der Waals surface area contributed by atoms with Gasteiger partial charge in [0, 0.05) is 0 Å². The van der Waals surface area contributed by atoms with Gasteiger partial charge in [0.05, 0.1) is 0 Å². The molecule has 3 rings (SSSR count). The fraction of sp³-hybridized carbons (Fsp3) is 0.417. The van der Waals surface area contributed by atoms with E-state index in [-0.39, 0.29) is 11.6 Å². The molecule has 78 valence electrons. The van der Waals surface area contributed by atoms with E-state index in [1.54, 1.807) is 0 Å². The molecule has 1 fully saturated rings. The number of alkyl carbamates (subject to hydrolysis) is 1. The van der Waals surface area contributed by atoms with Gasteiger partial charge < -0.3 is 10.1 Å². The minimum atomic E-state index is -0.288. The molecule has 1 atom stereocenters. The average Bonchev–Trinajstić information content (AvgIpc) is 2.73. The van der Waals surface area contributed by atoms with Crippen LogP contribution in [0.5, 0.6) is 0 Å². The summed E-state index contributed by atoms with van der Waals surface area (Å²) in [5.41, 5.74) is 3.62. The second-order valence-corrected chi connectivity index (χ2v) is 4.44. The molecule has 0 saturated carbocycles. The smallest absolute Gasteiger partial charge is 0.408 e. The summed E-state index contributed by atoms with van der Waals surface area (Å²) in [6.07, 6.45) is 1.70. The Hall–Kier alpha value is -1.51. The molecule has 3 heteroatoms. The Kier molecular flexibility index (Phi) is 1.61. The number of hydrogen-bond donors (Lipinski definition) is 1. The van der Waals surface area contributed by atoms with Crippen molar-refractivity contribution in [2.75, 3.05) is 6.61 Å². The quantitative estimate of drug-likeness (QED) is 0.699. The lowest BCUT2D eigenvalue weighted by molar-refractivity contribution is 0.172. The van der Waals surface area contributed by atoms with Gasteiger partial charge in [-0.3, -0.25) is 0 Å². The van der Waals surface area contributed by atoms with Crippen molar-refractivity contribution in [3.8, 4) is 0 Å². The second kappa shape index (κ2) is 2.75. The van der Waals surface area contributed by atoms with E-state index in [4.69, 9.17) is 4.74 Å². The van der Waals surface area contributed by atoms with Gasteiger partial charge in [-0.25, -0.2) is 4.79 Å². The van der Waals surface area contributed by atoms with Crippen LogP contribution >= 0.6 is 0 Å². The van der Waals surface area contributed by atoms with Crippen LogP contribution in [0.4, 0.5) is 4.79 Å². The largest absolute Gasteiger partial charge is 0.447 e. The standard InChI is InChI=1S/C12H13NO2/c1-8-2-3-10-9(6-8)4-5-12(10)7-15-11(14)13-12/h2-3,6H,4-5,7H2,1H3,(H,13,14). The molecule has 1 spiro atoms. The number of benzene rings is 1. The first-order chi connectivity index (χ1) is 7.20. The Labute approximate surface area is 88.4 Å². The lowest BCUT2D eigenvalue weighted by Gasteiger charge is -2.21. The maximum absolute atomic E-state index is 11.1. The molecule has 1 aromatic carbocycles. The third kappa shape index (κ3) is 1.16. The molecule has 1 aromatic rings. The van der Waals surface area contributed by atoms with Crippen molar-refractivity contribution in [3.63, 3.8) is 0 Å². The van der Waals surface area contributed by atoms with E-state index in [1.807, 2.05) is 0 Å². The van der Waals surface area contributed by atoms with Crippen LogP contribution < -0.4 is 5.32 Å². The molecule has 1 amide bonds. The zero-order valence-electron chi connectivity index (χ0n) is 8.67. The molecule has 3 nitrogen and oxygen atoms in total. The van der Waals surface area contributed by atoms with E-state index in [0.29, 0.717) is 6.61 Å². The predicted molar refractivity (Wildman–Crippen MR) is 55.7 cm³/mol. The van der Waals surface area contributed by atoms with Gasteiger partial charge in [-0.15, -0.1) is 0 Å². The molecule has 2 aliphatic rings. The molecular weight excluding hydrogens is 190 g/mol. The fourth-order valence-corrected chi connectivity index (χ4v) is 2.61. The zero-order chi connectivity index (χ0) is 10.5. The average molecular weight is 203 g/mol. The molecule has 1 unspecified atom stereocenters. The van der Waals surface area contributed by atoms with E-state index in [2.05, 4.69) is 30.4 Å². The third-order valence-corrected chi connectivity index (χ3v) is 3.39. The molecule has 1 heterocycles. The van der Waals surface area contributed by atoms with E-state index < -0.39 is 0 Å². The van der Waals surface area contributed by atoms with Crippen LogP contribution in [0.2, 0.25) is 0 Å². The van der Waals surface area contributed by atoms with Gasteiger partial charge in [-0.1, -0.05) is 23.8 Å². The van der Waals surface area contributed by atoms with Crippen LogP contribution in [0.15, 0.2) is 18.2 Å². The van der Waals surface area contributed by atoms with Crippen molar-refractivity contribution in [2.45, 2.75) is 25.3 Å². The summed E-state index contributed by atoms with van der Waals surface area (Å²) in [7, 11) is 0. The Balaban J connectivity index is 2.08. The van der Waals surface area contributed by atoms with Gasteiger partial charge >= 0.3 is 6.09 Å². The van der Waals surface area contributed by atoms with E-state index in [9.17, 15) is 4.79 Å². The first-order valence-electron chi connectivity index (χ1n) is 5.25. The van der Waals surface area contributed by atoms with Crippen LogP contribution in [0.1, 0.15) is 23.1 Å². The summed E-state index contributed by atoms with van der Waals surface area (Å²) >= 11 is 0. The van der Waals surface area contributed by atoms with Gasteiger partial charge in [-0.05, 0) is 30.9 Å². The first-order valence-corrected chi connectivity index (χ1v) is 5.25. The highest BCUT2D eigenvalue weighted by Crippen LogP contribution is 2.39. The molecule has 1 N–H and O–H groups in total. The minimum Gasteiger partial charge on any atom is -0.447 e. The normalized spacial score (nSPS) is 27.7. The molecule has 1 aliphatic carbocycles. The van der Waals surface area contributed by atoms with Gasteiger partial charge in [0.2, 0.25) is 0 Å². The van der Waals surface area contributed by atoms with Crippen molar-refractivity contribution in [2.24, 2.45) is 0 Å². The number of aryl methyl sites for hydroxylation is 2. The second-order valence-electron chi connectivity index (χ2n) is 4.44. The molecular formula is C12H13NO2. The Morgan fingerprint density at radius 2 is 2.33 bits per heavy atom. The van der Waals surface area contributed by atoms with Gasteiger partial charge in [0.25, 0.3) is 0 Å². The predicted octanol–water partition coefficient (Wildman–Crippen LogP) is 1.88. The number of cyclic esters (lactones) is 1. The Morgan fingerprint density at radius 1 is 1.47 bits per heavy atom. The van der Waals surface area contributed by atoms with E-state index >= 15 is 0 Å². The maximum Gasteiger partial charge on any atom is 0.408 e. The van der Waals surface area contributed by atoms with Crippen molar-refractivity contribution in [1.82, 2.24) is 5.32 Å². The number of fused-ring (bicyclic) bond motifs is 2. The number of carbonyl (C=O) groups is 1. The fourth-order valence-electron chi connectivity index (χ4n) is 2.61. The third-order valence-electron chi connectivity index (χ3n) is 3.39. The lowest BCUT2D eigenvalue weighted by atomic mass is 9.93. The molecule has 1 aliphatic heterocycles. The number of carbonyl (C=O) groups excluding carboxylic acids is 1. The summed E-state index contributed by atoms with van der Waals surface area (Å²) < 4.78 is 5.03. The first kappa shape index (κ1) is 8.77. The number of nitrogens with one attached hydrogen (secondary N) is 1. The van der Waals surface area contributed by atoms with E-state index in [1.165, 1.54) is 16.7 Å². The van der Waals surface area contributed by atoms with E-state index in [0.717, 1.165) is 12.8 Å². The molecule has 0 aromatic heterocycles. The van der Waals surface area contributed by atoms with Crippen molar-refractivity contribution >= 4 is 6.09 Å². The van der Waals surface area contributed by atoms with Gasteiger partial charge in [-0.2, -0.15) is 0 Å². The molecule has 0 radical (unpaired) electrons. The summed E-state index contributed by atoms with van der Waals surface area (Å²) in [6.45, 7) is 2.57. The highest BCUT2D eigenvalue weighted by Gasteiger charge is 2.45. The molecule has 15 heavy (non-hydrogen) atoms. The highest BCUT2D eigenvalue weighted by atomic mass is 16.6. The summed E-state index contributed by atoms with van der Waals surface area (Å²) in [4.78, 5) is 11.1. The van der Waals surface area contributed by atoms with Crippen LogP contribution in [0.25, 0.3) is 0 Å². The summed E-state index contributed by atoms with van der Waals surface area (Å²) in [5, 5.41) is 2.94. The maximum atomic E-state index is 11.1. The topological polar surface area (TPSA) is 38.3 Å². The van der Waals surface area contributed by atoms with Crippen molar-refractivity contribution < 1.29 is 9.53 Å². The van der Waals surface area contributed by atoms with Gasteiger partial charge in [0.1, 0.15) is 12.1 Å². The number of ether oxygens (including phenoxy) is 1. The Bertz CT molecular complexity index is 441. The summed E-state index contributed by atoms with van der Waals surface area (Å²) in [5.74, 6) is 0. The highest BCUT2D eigenvalue weighted by molar-refractivity contribution is 5.72. The van der Waals surface area contributed by atoms with Crippen LogP contribution in [-0.4, -0.2) is 12.7 Å². The monoisotopic (exact) mass is 203 g/mol. The van der Waals surface area contributed by atoms with Crippen molar-refractivity contribution in [3.05, 3.63) is 34.9 Å². The number of amides is 1. The summed E-state index contributed by atoms with van der Waals surface area (Å²) in [6, 6.07) is 6.41. The minimum absolute atomic E-state index is 0.236. The molecule has 1 saturated heterocycles.